The van der Waals surface area contributed by atoms with E-state index in [9.17, 15) is 9.59 Å². The Kier molecular flexibility index (Phi) is 12.0. The molecule has 224 valence electrons. The molecule has 0 saturated carbocycles. The van der Waals surface area contributed by atoms with E-state index in [0.717, 1.165) is 16.7 Å². The quantitative estimate of drug-likeness (QED) is 0.254. The van der Waals surface area contributed by atoms with Crippen molar-refractivity contribution in [1.82, 2.24) is 0 Å². The van der Waals surface area contributed by atoms with Crippen molar-refractivity contribution in [3.05, 3.63) is 108 Å². The van der Waals surface area contributed by atoms with Crippen LogP contribution in [0.2, 0.25) is 0 Å². The van der Waals surface area contributed by atoms with Gasteiger partial charge in [-0.05, 0) is 23.6 Å². The molecule has 1 saturated heterocycles. The summed E-state index contributed by atoms with van der Waals surface area (Å²) in [6.07, 6.45) is -5.10. The highest BCUT2D eigenvalue weighted by Gasteiger charge is 2.50. The molecule has 0 amide bonds. The summed E-state index contributed by atoms with van der Waals surface area (Å²) >= 11 is 0. The van der Waals surface area contributed by atoms with Crippen LogP contribution in [-0.2, 0) is 62.6 Å². The van der Waals surface area contributed by atoms with Gasteiger partial charge in [-0.15, -0.1) is 0 Å². The Morgan fingerprint density at radius 3 is 1.62 bits per heavy atom. The predicted octanol–water partition coefficient (Wildman–Crippen LogP) is 4.61. The van der Waals surface area contributed by atoms with E-state index in [1.54, 1.807) is 6.92 Å². The zero-order chi connectivity index (χ0) is 29.7. The van der Waals surface area contributed by atoms with Gasteiger partial charge in [0.05, 0.1) is 26.9 Å². The number of benzene rings is 3. The normalized spacial score (nSPS) is 22.7. The Morgan fingerprint density at radius 1 is 0.714 bits per heavy atom. The molecule has 0 aromatic heterocycles. The minimum atomic E-state index is -1.07. The van der Waals surface area contributed by atoms with Gasteiger partial charge in [-0.2, -0.15) is 0 Å². The fraction of sp³-hybridized carbons (Fsp3) is 0.394. The summed E-state index contributed by atoms with van der Waals surface area (Å²) in [4.78, 5) is 24.1. The van der Waals surface area contributed by atoms with Gasteiger partial charge in [0.1, 0.15) is 31.0 Å². The van der Waals surface area contributed by atoms with E-state index < -0.39 is 48.7 Å². The first kappa shape index (κ1) is 31.3. The number of carbonyl (C=O) groups is 2. The van der Waals surface area contributed by atoms with E-state index in [1.807, 2.05) is 91.0 Å². The Morgan fingerprint density at radius 2 is 1.17 bits per heavy atom. The average molecular weight is 579 g/mol. The van der Waals surface area contributed by atoms with Crippen LogP contribution >= 0.6 is 0 Å². The Labute approximate surface area is 246 Å². The van der Waals surface area contributed by atoms with E-state index in [-0.39, 0.29) is 26.4 Å². The highest BCUT2D eigenvalue weighted by Crippen LogP contribution is 2.32. The lowest BCUT2D eigenvalue weighted by Gasteiger charge is -2.46. The summed E-state index contributed by atoms with van der Waals surface area (Å²) in [5.41, 5.74) is 2.83. The van der Waals surface area contributed by atoms with Gasteiger partial charge in [0.2, 0.25) is 0 Å². The van der Waals surface area contributed by atoms with Crippen molar-refractivity contribution < 1.29 is 42.7 Å². The van der Waals surface area contributed by atoms with Crippen molar-refractivity contribution in [2.24, 2.45) is 0 Å². The molecular formula is C33H38O9. The van der Waals surface area contributed by atoms with E-state index in [0.29, 0.717) is 0 Å². The van der Waals surface area contributed by atoms with Crippen molar-refractivity contribution in [3.63, 3.8) is 0 Å². The SMILES string of the molecule is COC(=O)[C@H](C)O[C@@H]1OC(COC(C)=O)[C@H](OCc2ccccc2)[C@H](OCc2ccccc2)C1OCc1ccccc1. The number of rotatable bonds is 14. The standard InChI is InChI=1S/C33H38O9/c1-23(32(35)36-3)41-33-31(40-21-27-17-11-6-12-18-27)30(39-20-26-15-9-5-10-16-26)29(28(42-33)22-37-24(2)34)38-19-25-13-7-4-8-14-25/h4-18,23,28-31,33H,19-22H2,1-3H3/t23-,28?,29-,30-,31?,33+/m0/s1. The van der Waals surface area contributed by atoms with Gasteiger partial charge in [0.15, 0.2) is 12.4 Å². The zero-order valence-electron chi connectivity index (χ0n) is 24.1. The van der Waals surface area contributed by atoms with Crippen LogP contribution < -0.4 is 0 Å². The van der Waals surface area contributed by atoms with Crippen molar-refractivity contribution in [1.29, 1.82) is 0 Å². The van der Waals surface area contributed by atoms with Crippen LogP contribution in [0, 0.1) is 0 Å². The highest BCUT2D eigenvalue weighted by atomic mass is 16.7. The molecule has 1 fully saturated rings. The zero-order valence-corrected chi connectivity index (χ0v) is 24.1. The van der Waals surface area contributed by atoms with Crippen molar-refractivity contribution >= 4 is 11.9 Å². The fourth-order valence-corrected chi connectivity index (χ4v) is 4.61. The molecule has 3 aromatic rings. The third-order valence-corrected chi connectivity index (χ3v) is 6.77. The predicted molar refractivity (Wildman–Crippen MR) is 153 cm³/mol. The van der Waals surface area contributed by atoms with Crippen LogP contribution in [0.4, 0.5) is 0 Å². The van der Waals surface area contributed by atoms with Crippen LogP contribution in [0.1, 0.15) is 30.5 Å². The molecule has 2 unspecified atom stereocenters. The molecule has 4 rings (SSSR count). The Bertz CT molecular complexity index is 1220. The van der Waals surface area contributed by atoms with E-state index in [2.05, 4.69) is 0 Å². The number of hydrogen-bond donors (Lipinski definition) is 0. The maximum absolute atomic E-state index is 12.3. The minimum Gasteiger partial charge on any atom is -0.467 e. The maximum Gasteiger partial charge on any atom is 0.334 e. The summed E-state index contributed by atoms with van der Waals surface area (Å²) in [5.74, 6) is -1.04. The summed E-state index contributed by atoms with van der Waals surface area (Å²) < 4.78 is 42.1. The summed E-state index contributed by atoms with van der Waals surface area (Å²) in [7, 11) is 1.29. The Balaban J connectivity index is 1.67. The van der Waals surface area contributed by atoms with Gasteiger partial charge in [-0.3, -0.25) is 4.79 Å². The van der Waals surface area contributed by atoms with Crippen LogP contribution in [0.15, 0.2) is 91.0 Å². The summed E-state index contributed by atoms with van der Waals surface area (Å²) in [6, 6.07) is 29.1. The third kappa shape index (κ3) is 9.20. The van der Waals surface area contributed by atoms with Gasteiger partial charge < -0.3 is 33.2 Å². The number of esters is 2. The molecule has 42 heavy (non-hydrogen) atoms. The first-order valence-electron chi connectivity index (χ1n) is 13.9. The number of carbonyl (C=O) groups excluding carboxylic acids is 2. The number of methoxy groups -OCH3 is 1. The summed E-state index contributed by atoms with van der Waals surface area (Å²) in [6.45, 7) is 3.52. The lowest BCUT2D eigenvalue weighted by atomic mass is 9.97. The van der Waals surface area contributed by atoms with Crippen molar-refractivity contribution in [2.45, 2.75) is 70.5 Å². The summed E-state index contributed by atoms with van der Waals surface area (Å²) in [5, 5.41) is 0. The smallest absolute Gasteiger partial charge is 0.334 e. The molecule has 1 heterocycles. The van der Waals surface area contributed by atoms with Crippen LogP contribution in [-0.4, -0.2) is 62.5 Å². The van der Waals surface area contributed by atoms with Crippen molar-refractivity contribution in [2.75, 3.05) is 13.7 Å². The number of hydrogen-bond acceptors (Lipinski definition) is 9. The topological polar surface area (TPSA) is 98.8 Å². The van der Waals surface area contributed by atoms with Crippen LogP contribution in [0.3, 0.4) is 0 Å². The molecule has 6 atom stereocenters. The Hall–Kier alpha value is -3.60. The monoisotopic (exact) mass is 578 g/mol. The fourth-order valence-electron chi connectivity index (χ4n) is 4.61. The number of ether oxygens (including phenoxy) is 7. The van der Waals surface area contributed by atoms with Gasteiger partial charge in [-0.1, -0.05) is 91.0 Å². The molecule has 0 radical (unpaired) electrons. The van der Waals surface area contributed by atoms with Gasteiger partial charge in [0.25, 0.3) is 0 Å². The molecule has 9 heteroatoms. The van der Waals surface area contributed by atoms with E-state index >= 15 is 0 Å². The molecule has 1 aliphatic heterocycles. The molecule has 1 aliphatic rings. The van der Waals surface area contributed by atoms with Crippen LogP contribution in [0.5, 0.6) is 0 Å². The maximum atomic E-state index is 12.3. The van der Waals surface area contributed by atoms with Crippen molar-refractivity contribution in [3.8, 4) is 0 Å². The molecule has 0 aliphatic carbocycles. The first-order chi connectivity index (χ1) is 20.4. The molecular weight excluding hydrogens is 540 g/mol. The molecule has 9 nitrogen and oxygen atoms in total. The largest absolute Gasteiger partial charge is 0.467 e. The highest BCUT2D eigenvalue weighted by molar-refractivity contribution is 5.73. The third-order valence-electron chi connectivity index (χ3n) is 6.77. The van der Waals surface area contributed by atoms with E-state index in [1.165, 1.54) is 14.0 Å². The van der Waals surface area contributed by atoms with Crippen LogP contribution in [0.25, 0.3) is 0 Å². The lowest BCUT2D eigenvalue weighted by molar-refractivity contribution is -0.332. The van der Waals surface area contributed by atoms with E-state index in [4.69, 9.17) is 33.2 Å². The second-order valence-electron chi connectivity index (χ2n) is 9.93. The van der Waals surface area contributed by atoms with Gasteiger partial charge in [-0.25, -0.2) is 4.79 Å². The second-order valence-corrected chi connectivity index (χ2v) is 9.93. The molecule has 3 aromatic carbocycles. The average Bonchev–Trinajstić information content (AvgIpc) is 3.02. The first-order valence-corrected chi connectivity index (χ1v) is 13.9. The van der Waals surface area contributed by atoms with Gasteiger partial charge >= 0.3 is 11.9 Å². The van der Waals surface area contributed by atoms with Gasteiger partial charge in [0, 0.05) is 6.92 Å². The molecule has 0 spiro atoms. The lowest BCUT2D eigenvalue weighted by Crippen LogP contribution is -2.62. The second kappa shape index (κ2) is 16.1. The minimum absolute atomic E-state index is 0.113. The molecule has 0 bridgehead atoms. The molecule has 0 N–H and O–H groups in total.